The zero-order valence-electron chi connectivity index (χ0n) is 19.9. The lowest BCUT2D eigenvalue weighted by Gasteiger charge is -2.40. The molecule has 2 heterocycles. The van der Waals surface area contributed by atoms with Gasteiger partial charge in [-0.15, -0.1) is 6.58 Å². The summed E-state index contributed by atoms with van der Waals surface area (Å²) in [6.07, 6.45) is 1.05. The van der Waals surface area contributed by atoms with Gasteiger partial charge in [0.25, 0.3) is 0 Å². The molecule has 35 heavy (non-hydrogen) atoms. The van der Waals surface area contributed by atoms with Gasteiger partial charge in [-0.25, -0.2) is 14.4 Å². The van der Waals surface area contributed by atoms with Gasteiger partial charge in [0.1, 0.15) is 29.1 Å². The summed E-state index contributed by atoms with van der Waals surface area (Å²) in [5.74, 6) is -3.92. The van der Waals surface area contributed by atoms with Gasteiger partial charge in [0.05, 0.1) is 19.8 Å². The lowest BCUT2D eigenvalue weighted by atomic mass is 9.66. The first-order valence-corrected chi connectivity index (χ1v) is 11.2. The molecule has 0 aromatic heterocycles. The van der Waals surface area contributed by atoms with Crippen molar-refractivity contribution < 1.29 is 38.1 Å². The Morgan fingerprint density at radius 3 is 2.23 bits per heavy atom. The third-order valence-corrected chi connectivity index (χ3v) is 5.58. The molecule has 0 bridgehead atoms. The summed E-state index contributed by atoms with van der Waals surface area (Å²) in [7, 11) is 0. The van der Waals surface area contributed by atoms with Gasteiger partial charge in [-0.1, -0.05) is 24.3 Å². The average Bonchev–Trinajstić information content (AvgIpc) is 3.09. The highest BCUT2D eigenvalue weighted by molar-refractivity contribution is 6.16. The zero-order valence-corrected chi connectivity index (χ0v) is 19.9. The van der Waals surface area contributed by atoms with E-state index in [0.29, 0.717) is 5.69 Å². The van der Waals surface area contributed by atoms with Crippen molar-refractivity contribution in [2.75, 3.05) is 31.3 Å². The van der Waals surface area contributed by atoms with Crippen LogP contribution in [0.15, 0.2) is 59.6 Å². The fraction of sp³-hybridized carbons (Fsp3) is 0.360. The Balaban J connectivity index is 2.44. The molecule has 0 saturated carbocycles. The molecule has 3 rings (SSSR count). The van der Waals surface area contributed by atoms with Crippen LogP contribution in [0, 0.1) is 0 Å². The van der Waals surface area contributed by atoms with Gasteiger partial charge in [0, 0.05) is 17.8 Å². The van der Waals surface area contributed by atoms with Crippen molar-refractivity contribution in [3.8, 4) is 0 Å². The second kappa shape index (κ2) is 10.5. The molecule has 0 fully saturated rings. The summed E-state index contributed by atoms with van der Waals surface area (Å²) in [5, 5.41) is 0. The third-order valence-electron chi connectivity index (χ3n) is 5.58. The quantitative estimate of drug-likeness (QED) is 0.315. The van der Waals surface area contributed by atoms with Crippen LogP contribution in [-0.4, -0.2) is 50.2 Å². The van der Waals surface area contributed by atoms with E-state index < -0.39 is 35.7 Å². The number of hydrogen-bond acceptors (Lipinski definition) is 10. The number of fused-ring (bicyclic) bond motifs is 2. The molecule has 1 aromatic carbocycles. The summed E-state index contributed by atoms with van der Waals surface area (Å²) in [4.78, 5) is 54.4. The maximum Gasteiger partial charge on any atom is 0.339 e. The van der Waals surface area contributed by atoms with Crippen LogP contribution in [0.25, 0.3) is 0 Å². The summed E-state index contributed by atoms with van der Waals surface area (Å²) >= 11 is 0. The third kappa shape index (κ3) is 4.16. The molecule has 1 aromatic rings. The molecule has 0 saturated heterocycles. The highest BCUT2D eigenvalue weighted by Crippen LogP contribution is 2.54. The first-order valence-electron chi connectivity index (χ1n) is 11.2. The highest BCUT2D eigenvalue weighted by atomic mass is 16.6. The summed E-state index contributed by atoms with van der Waals surface area (Å²) in [6, 6.07) is 6.65. The van der Waals surface area contributed by atoms with E-state index in [1.54, 1.807) is 56.0 Å². The molecule has 10 heteroatoms. The van der Waals surface area contributed by atoms with Crippen molar-refractivity contribution in [1.29, 1.82) is 0 Å². The first kappa shape index (κ1) is 25.5. The van der Waals surface area contributed by atoms with Crippen molar-refractivity contribution in [1.82, 2.24) is 0 Å². The van der Waals surface area contributed by atoms with Crippen LogP contribution >= 0.6 is 0 Å². The molecule has 186 valence electrons. The fourth-order valence-corrected chi connectivity index (χ4v) is 4.36. The van der Waals surface area contributed by atoms with E-state index in [2.05, 4.69) is 6.58 Å². The van der Waals surface area contributed by atoms with Crippen LogP contribution in [0.4, 0.5) is 5.69 Å². The summed E-state index contributed by atoms with van der Waals surface area (Å²) < 4.78 is 21.0. The second-order valence-corrected chi connectivity index (χ2v) is 7.54. The van der Waals surface area contributed by atoms with Crippen LogP contribution in [0.2, 0.25) is 0 Å². The summed E-state index contributed by atoms with van der Waals surface area (Å²) in [6.45, 7) is 8.78. The molecule has 1 spiro atoms. The zero-order chi connectivity index (χ0) is 25.8. The van der Waals surface area contributed by atoms with Crippen LogP contribution in [-0.2, 0) is 43.5 Å². The predicted octanol–water partition coefficient (Wildman–Crippen LogP) is 1.99. The first-order chi connectivity index (χ1) is 16.8. The van der Waals surface area contributed by atoms with Gasteiger partial charge in [-0.3, -0.25) is 4.79 Å². The Labute approximate surface area is 202 Å². The number of rotatable bonds is 9. The Bertz CT molecular complexity index is 1140. The van der Waals surface area contributed by atoms with Crippen molar-refractivity contribution in [2.24, 2.45) is 5.73 Å². The maximum absolute atomic E-state index is 13.8. The van der Waals surface area contributed by atoms with Gasteiger partial charge in [0.15, 0.2) is 5.41 Å². The standard InChI is InChI=1S/C25H28N2O8/c1-5-13-27-16-12-10-9-11-15(16)25(20(21(27)26)23(30)34-8-4)19(22(29)33-7-3)17(35-24(25)31)14-18(28)32-6-2/h5,9-12H,1,6-8,13-14,26H2,2-4H3/t25-/m1/s1. The minimum Gasteiger partial charge on any atom is -0.466 e. The number of cyclic esters (lactones) is 1. The van der Waals surface area contributed by atoms with Gasteiger partial charge in [-0.2, -0.15) is 0 Å². The molecule has 1 atom stereocenters. The van der Waals surface area contributed by atoms with Crippen molar-refractivity contribution in [3.63, 3.8) is 0 Å². The molecule has 0 unspecified atom stereocenters. The van der Waals surface area contributed by atoms with Crippen LogP contribution in [0.1, 0.15) is 32.8 Å². The Morgan fingerprint density at radius 2 is 1.63 bits per heavy atom. The lowest BCUT2D eigenvalue weighted by Crippen LogP contribution is -2.50. The van der Waals surface area contributed by atoms with Gasteiger partial charge in [0.2, 0.25) is 0 Å². The van der Waals surface area contributed by atoms with Crippen molar-refractivity contribution in [2.45, 2.75) is 32.6 Å². The van der Waals surface area contributed by atoms with E-state index >= 15 is 0 Å². The van der Waals surface area contributed by atoms with E-state index in [4.69, 9.17) is 24.7 Å². The molecular weight excluding hydrogens is 456 g/mol. The largest absolute Gasteiger partial charge is 0.466 e. The number of para-hydroxylation sites is 1. The van der Waals surface area contributed by atoms with E-state index in [-0.39, 0.29) is 54.7 Å². The molecular formula is C25H28N2O8. The topological polar surface area (TPSA) is 134 Å². The van der Waals surface area contributed by atoms with Gasteiger partial charge >= 0.3 is 23.9 Å². The SMILES string of the molecule is C=CCN1C(N)=C(C(=O)OCC)[C@@]2(C(=O)OC(CC(=O)OCC)=C2C(=O)OCC)c2ccccc21. The van der Waals surface area contributed by atoms with Crippen LogP contribution in [0.5, 0.6) is 0 Å². The Morgan fingerprint density at radius 1 is 1.03 bits per heavy atom. The molecule has 2 aliphatic heterocycles. The van der Waals surface area contributed by atoms with Gasteiger partial charge < -0.3 is 29.6 Å². The monoisotopic (exact) mass is 484 g/mol. The number of carbonyl (C=O) groups excluding carboxylic acids is 4. The smallest absolute Gasteiger partial charge is 0.339 e. The van der Waals surface area contributed by atoms with E-state index in [9.17, 15) is 19.2 Å². The molecule has 2 N–H and O–H groups in total. The number of carbonyl (C=O) groups is 4. The van der Waals surface area contributed by atoms with E-state index in [1.165, 1.54) is 0 Å². The normalized spacial score (nSPS) is 18.8. The fourth-order valence-electron chi connectivity index (χ4n) is 4.36. The Hall–Kier alpha value is -4.08. The lowest BCUT2D eigenvalue weighted by molar-refractivity contribution is -0.148. The molecule has 10 nitrogen and oxygen atoms in total. The minimum atomic E-state index is -2.11. The predicted molar refractivity (Wildman–Crippen MR) is 125 cm³/mol. The number of ether oxygens (including phenoxy) is 4. The van der Waals surface area contributed by atoms with Crippen molar-refractivity contribution in [3.05, 3.63) is 65.2 Å². The van der Waals surface area contributed by atoms with Crippen LogP contribution in [0.3, 0.4) is 0 Å². The number of esters is 4. The second-order valence-electron chi connectivity index (χ2n) is 7.54. The van der Waals surface area contributed by atoms with Crippen LogP contribution < -0.4 is 10.6 Å². The summed E-state index contributed by atoms with van der Waals surface area (Å²) in [5.41, 5.74) is 4.47. The number of nitrogens with zero attached hydrogens (tertiary/aromatic N) is 1. The molecule has 0 amide bonds. The number of benzene rings is 1. The molecule has 0 radical (unpaired) electrons. The number of hydrogen-bond donors (Lipinski definition) is 1. The Kier molecular flexibility index (Phi) is 7.63. The number of anilines is 1. The van der Waals surface area contributed by atoms with Gasteiger partial charge in [-0.05, 0) is 26.8 Å². The average molecular weight is 485 g/mol. The van der Waals surface area contributed by atoms with E-state index in [1.807, 2.05) is 0 Å². The maximum atomic E-state index is 13.8. The van der Waals surface area contributed by atoms with E-state index in [0.717, 1.165) is 0 Å². The molecule has 0 aliphatic carbocycles. The molecule has 2 aliphatic rings. The minimum absolute atomic E-state index is 0.0159. The number of nitrogens with two attached hydrogens (primary N) is 1. The highest BCUT2D eigenvalue weighted by Gasteiger charge is 2.64. The van der Waals surface area contributed by atoms with Crippen molar-refractivity contribution >= 4 is 29.6 Å².